The molecule has 110 valence electrons. The lowest BCUT2D eigenvalue weighted by Gasteiger charge is -2.38. The number of likely N-dealkylation sites (tertiary alicyclic amines) is 1. The van der Waals surface area contributed by atoms with Gasteiger partial charge in [-0.1, -0.05) is 42.7 Å². The first kappa shape index (κ1) is 14.1. The van der Waals surface area contributed by atoms with Crippen molar-refractivity contribution < 1.29 is 9.32 Å². The van der Waals surface area contributed by atoms with E-state index in [2.05, 4.69) is 10.1 Å². The van der Waals surface area contributed by atoms with Gasteiger partial charge in [0.25, 0.3) is 0 Å². The Hall–Kier alpha value is -1.88. The third kappa shape index (κ3) is 2.78. The van der Waals surface area contributed by atoms with Gasteiger partial charge in [0.05, 0.1) is 5.92 Å². The molecule has 0 aliphatic carbocycles. The summed E-state index contributed by atoms with van der Waals surface area (Å²) in [5.41, 5.74) is 0.826. The van der Waals surface area contributed by atoms with Crippen LogP contribution in [0.1, 0.15) is 25.7 Å². The number of hydrogen-bond donors (Lipinski definition) is 0. The fraction of sp³-hybridized carbons (Fsp3) is 0.400. The number of benzene rings is 1. The lowest BCUT2D eigenvalue weighted by molar-refractivity contribution is -0.139. The van der Waals surface area contributed by atoms with Crippen LogP contribution in [0.15, 0.2) is 28.8 Å². The average molecular weight is 306 g/mol. The van der Waals surface area contributed by atoms with Gasteiger partial charge in [-0.2, -0.15) is 4.98 Å². The highest BCUT2D eigenvalue weighted by Crippen LogP contribution is 2.29. The molecule has 6 heteroatoms. The molecule has 1 amide bonds. The minimum Gasteiger partial charge on any atom is -0.341 e. The summed E-state index contributed by atoms with van der Waals surface area (Å²) in [6.07, 6.45) is 0. The summed E-state index contributed by atoms with van der Waals surface area (Å²) in [6, 6.07) is 7.33. The molecule has 0 atom stereocenters. The summed E-state index contributed by atoms with van der Waals surface area (Å²) >= 11 is 5.96. The minimum atomic E-state index is 0.0238. The molecule has 1 aromatic heterocycles. The van der Waals surface area contributed by atoms with Gasteiger partial charge in [-0.3, -0.25) is 4.79 Å². The molecule has 0 unspecified atom stereocenters. The van der Waals surface area contributed by atoms with Crippen LogP contribution in [0.4, 0.5) is 0 Å². The van der Waals surface area contributed by atoms with E-state index in [1.165, 1.54) is 0 Å². The van der Waals surface area contributed by atoms with Crippen LogP contribution in [-0.4, -0.2) is 34.0 Å². The van der Waals surface area contributed by atoms with Crippen molar-refractivity contribution in [2.24, 2.45) is 5.92 Å². The number of hydrogen-bond acceptors (Lipinski definition) is 4. The van der Waals surface area contributed by atoms with Crippen LogP contribution in [0, 0.1) is 5.92 Å². The quantitative estimate of drug-likeness (QED) is 0.874. The Labute approximate surface area is 127 Å². The predicted molar refractivity (Wildman–Crippen MR) is 78.9 cm³/mol. The molecule has 2 aromatic rings. The Balaban J connectivity index is 1.69. The second kappa shape index (κ2) is 5.48. The Kier molecular flexibility index (Phi) is 3.68. The van der Waals surface area contributed by atoms with E-state index in [9.17, 15) is 4.79 Å². The molecule has 1 aromatic carbocycles. The molecule has 1 aliphatic rings. The molecule has 1 saturated heterocycles. The lowest BCUT2D eigenvalue weighted by Crippen LogP contribution is -2.50. The molecule has 0 saturated carbocycles. The maximum Gasteiger partial charge on any atom is 0.233 e. The van der Waals surface area contributed by atoms with Crippen LogP contribution in [0.5, 0.6) is 0 Å². The summed E-state index contributed by atoms with van der Waals surface area (Å²) < 4.78 is 5.31. The highest BCUT2D eigenvalue weighted by atomic mass is 35.5. The van der Waals surface area contributed by atoms with Gasteiger partial charge in [0, 0.05) is 29.6 Å². The Morgan fingerprint density at radius 1 is 1.43 bits per heavy atom. The molecular weight excluding hydrogens is 290 g/mol. The third-order valence-electron chi connectivity index (χ3n) is 3.56. The fourth-order valence-electron chi connectivity index (χ4n) is 2.33. The van der Waals surface area contributed by atoms with Crippen molar-refractivity contribution in [3.8, 4) is 11.4 Å². The van der Waals surface area contributed by atoms with Gasteiger partial charge in [0.1, 0.15) is 0 Å². The van der Waals surface area contributed by atoms with Crippen molar-refractivity contribution >= 4 is 17.5 Å². The van der Waals surface area contributed by atoms with E-state index in [1.807, 2.05) is 30.9 Å². The van der Waals surface area contributed by atoms with Crippen LogP contribution in [-0.2, 0) is 4.79 Å². The maximum absolute atomic E-state index is 11.8. The summed E-state index contributed by atoms with van der Waals surface area (Å²) in [5.74, 6) is 1.43. The largest absolute Gasteiger partial charge is 0.341 e. The number of aromatic nitrogens is 2. The summed E-state index contributed by atoms with van der Waals surface area (Å²) in [6.45, 7) is 5.10. The van der Waals surface area contributed by atoms with Gasteiger partial charge in [-0.15, -0.1) is 0 Å². The molecule has 2 heterocycles. The molecule has 0 radical (unpaired) electrons. The molecular formula is C15H16ClN3O2. The highest BCUT2D eigenvalue weighted by Gasteiger charge is 2.36. The van der Waals surface area contributed by atoms with Crippen LogP contribution < -0.4 is 0 Å². The fourth-order valence-corrected chi connectivity index (χ4v) is 2.52. The molecule has 0 N–H and O–H groups in total. The van der Waals surface area contributed by atoms with Crippen LogP contribution >= 0.6 is 11.6 Å². The van der Waals surface area contributed by atoms with Crippen molar-refractivity contribution in [2.45, 2.75) is 19.8 Å². The Morgan fingerprint density at radius 2 is 2.19 bits per heavy atom. The predicted octanol–water partition coefficient (Wildman–Crippen LogP) is 2.97. The topological polar surface area (TPSA) is 59.2 Å². The zero-order valence-corrected chi connectivity index (χ0v) is 12.7. The van der Waals surface area contributed by atoms with Crippen molar-refractivity contribution in [1.29, 1.82) is 0 Å². The van der Waals surface area contributed by atoms with E-state index in [0.29, 0.717) is 29.8 Å². The van der Waals surface area contributed by atoms with Gasteiger partial charge in [0.2, 0.25) is 17.6 Å². The van der Waals surface area contributed by atoms with E-state index in [4.69, 9.17) is 16.1 Å². The van der Waals surface area contributed by atoms with Gasteiger partial charge >= 0.3 is 0 Å². The van der Waals surface area contributed by atoms with Crippen molar-refractivity contribution in [3.63, 3.8) is 0 Å². The normalized spacial score (nSPS) is 15.3. The van der Waals surface area contributed by atoms with E-state index in [1.54, 1.807) is 12.1 Å². The maximum atomic E-state index is 11.8. The smallest absolute Gasteiger partial charge is 0.233 e. The number of carbonyl (C=O) groups excluding carboxylic acids is 1. The molecule has 5 nitrogen and oxygen atoms in total. The van der Waals surface area contributed by atoms with E-state index >= 15 is 0 Å². The van der Waals surface area contributed by atoms with E-state index in [0.717, 1.165) is 5.56 Å². The number of amides is 1. The summed E-state index contributed by atoms with van der Waals surface area (Å²) in [5, 5.41) is 4.62. The molecule has 3 rings (SSSR count). The molecule has 0 bridgehead atoms. The Morgan fingerprint density at radius 3 is 2.86 bits per heavy atom. The average Bonchev–Trinajstić information content (AvgIpc) is 2.86. The zero-order chi connectivity index (χ0) is 15.0. The van der Waals surface area contributed by atoms with Gasteiger partial charge < -0.3 is 9.42 Å². The van der Waals surface area contributed by atoms with Crippen LogP contribution in [0.3, 0.4) is 0 Å². The number of nitrogens with zero attached hydrogens (tertiary/aromatic N) is 3. The zero-order valence-electron chi connectivity index (χ0n) is 11.9. The minimum absolute atomic E-state index is 0.0238. The lowest BCUT2D eigenvalue weighted by atomic mass is 9.98. The summed E-state index contributed by atoms with van der Waals surface area (Å²) in [7, 11) is 0. The van der Waals surface area contributed by atoms with E-state index < -0.39 is 0 Å². The molecule has 1 fully saturated rings. The van der Waals surface area contributed by atoms with Crippen molar-refractivity contribution in [2.75, 3.05) is 13.1 Å². The second-order valence-corrected chi connectivity index (χ2v) is 6.00. The highest BCUT2D eigenvalue weighted by molar-refractivity contribution is 6.30. The first-order valence-corrected chi connectivity index (χ1v) is 7.30. The van der Waals surface area contributed by atoms with Crippen molar-refractivity contribution in [3.05, 3.63) is 35.2 Å². The molecule has 0 spiro atoms. The monoisotopic (exact) mass is 305 g/mol. The SMILES string of the molecule is CC(C)C(=O)N1CC(c2nc(-c3cccc(Cl)c3)no2)C1. The van der Waals surface area contributed by atoms with Gasteiger partial charge in [-0.25, -0.2) is 0 Å². The summed E-state index contributed by atoms with van der Waals surface area (Å²) in [4.78, 5) is 18.0. The van der Waals surface area contributed by atoms with Crippen molar-refractivity contribution in [1.82, 2.24) is 15.0 Å². The number of halogens is 1. The van der Waals surface area contributed by atoms with Crippen LogP contribution in [0.25, 0.3) is 11.4 Å². The number of rotatable bonds is 3. The first-order chi connectivity index (χ1) is 10.0. The third-order valence-corrected chi connectivity index (χ3v) is 3.80. The first-order valence-electron chi connectivity index (χ1n) is 6.93. The molecule has 1 aliphatic heterocycles. The second-order valence-electron chi connectivity index (χ2n) is 5.56. The van der Waals surface area contributed by atoms with Gasteiger partial charge in [0.15, 0.2) is 0 Å². The molecule has 21 heavy (non-hydrogen) atoms. The standard InChI is InChI=1S/C15H16ClN3O2/c1-9(2)15(20)19-7-11(8-19)14-17-13(18-21-14)10-4-3-5-12(16)6-10/h3-6,9,11H,7-8H2,1-2H3. The van der Waals surface area contributed by atoms with Crippen LogP contribution in [0.2, 0.25) is 5.02 Å². The Bertz CT molecular complexity index is 662. The van der Waals surface area contributed by atoms with Gasteiger partial charge in [-0.05, 0) is 12.1 Å². The number of carbonyl (C=O) groups is 1. The van der Waals surface area contributed by atoms with E-state index in [-0.39, 0.29) is 17.7 Å².